The Labute approximate surface area is 120 Å². The molecule has 0 fully saturated rings. The molecule has 0 saturated carbocycles. The van der Waals surface area contributed by atoms with Gasteiger partial charge in [0.25, 0.3) is 0 Å². The number of rotatable bonds is 2. The highest BCUT2D eigenvalue weighted by Gasteiger charge is 2.04. The summed E-state index contributed by atoms with van der Waals surface area (Å²) in [7, 11) is -3.58. The van der Waals surface area contributed by atoms with Crippen molar-refractivity contribution in [2.45, 2.75) is 25.2 Å². The fourth-order valence-corrected chi connectivity index (χ4v) is 2.18. The van der Waals surface area contributed by atoms with E-state index in [0.29, 0.717) is 5.69 Å². The number of hydrogen-bond donors (Lipinski definition) is 2. The number of aryl methyl sites for hydroxylation is 2. The first-order chi connectivity index (χ1) is 9.34. The highest BCUT2D eigenvalue weighted by atomic mass is 32.2. The van der Waals surface area contributed by atoms with E-state index in [2.05, 4.69) is 38.1 Å². The van der Waals surface area contributed by atoms with Crippen LogP contribution in [0.25, 0.3) is 0 Å². The van der Waals surface area contributed by atoms with Crippen LogP contribution in [0.5, 0.6) is 0 Å². The largest absolute Gasteiger partial charge is 0.399 e. The summed E-state index contributed by atoms with van der Waals surface area (Å²) < 4.78 is 21.4. The Morgan fingerprint density at radius 2 is 1.55 bits per heavy atom. The number of hydrogen-bond acceptors (Lipinski definition) is 3. The zero-order valence-corrected chi connectivity index (χ0v) is 12.5. The minimum atomic E-state index is -3.58. The summed E-state index contributed by atoms with van der Waals surface area (Å²) in [4.78, 5) is 0.0756. The van der Waals surface area contributed by atoms with Crippen LogP contribution in [0.3, 0.4) is 0 Å². The van der Waals surface area contributed by atoms with Crippen molar-refractivity contribution in [2.24, 2.45) is 5.14 Å². The zero-order valence-electron chi connectivity index (χ0n) is 11.7. The molecule has 4 N–H and O–H groups in total. The second-order valence-corrected chi connectivity index (χ2v) is 5.96. The van der Waals surface area contributed by atoms with Gasteiger partial charge >= 0.3 is 0 Å². The molecule has 0 spiro atoms. The van der Waals surface area contributed by atoms with E-state index in [-0.39, 0.29) is 4.90 Å². The predicted molar refractivity (Wildman–Crippen MR) is 82.8 cm³/mol. The molecule has 0 heterocycles. The minimum Gasteiger partial charge on any atom is -0.399 e. The number of nitrogens with two attached hydrogens (primary N) is 2. The summed E-state index contributed by atoms with van der Waals surface area (Å²) >= 11 is 0. The fraction of sp³-hybridized carbons (Fsp3) is 0.200. The molecule has 0 atom stereocenters. The second kappa shape index (κ2) is 7.07. The van der Waals surface area contributed by atoms with Crippen molar-refractivity contribution in [3.8, 4) is 0 Å². The third-order valence-corrected chi connectivity index (χ3v) is 3.78. The molecular weight excluding hydrogens is 272 g/mol. The molecule has 0 aromatic heterocycles. The van der Waals surface area contributed by atoms with Crippen LogP contribution in [0.2, 0.25) is 0 Å². The molecule has 0 radical (unpaired) electrons. The standard InChI is InChI=1S/C9H12.C6H8N2O2S/c1-3-9-7-5-4-6-8(9)2;7-5-1-3-6(4-2-5)11(8,9)10/h4-7H,3H2,1-2H3;1-4H,7H2,(H2,8,9,10). The van der Waals surface area contributed by atoms with E-state index in [1.807, 2.05) is 0 Å². The topological polar surface area (TPSA) is 86.2 Å². The van der Waals surface area contributed by atoms with Gasteiger partial charge in [0.15, 0.2) is 0 Å². The maximum Gasteiger partial charge on any atom is 0.238 e. The summed E-state index contributed by atoms with van der Waals surface area (Å²) in [5, 5.41) is 4.84. The van der Waals surface area contributed by atoms with Crippen molar-refractivity contribution in [2.75, 3.05) is 5.73 Å². The number of primary sulfonamides is 1. The summed E-state index contributed by atoms with van der Waals surface area (Å²) in [5.41, 5.74) is 8.70. The van der Waals surface area contributed by atoms with Crippen LogP contribution in [0.1, 0.15) is 18.1 Å². The maximum absolute atomic E-state index is 10.7. The first kappa shape index (κ1) is 16.2. The van der Waals surface area contributed by atoms with E-state index >= 15 is 0 Å². The zero-order chi connectivity index (χ0) is 15.2. The van der Waals surface area contributed by atoms with E-state index in [4.69, 9.17) is 10.9 Å². The van der Waals surface area contributed by atoms with Gasteiger partial charge in [0.1, 0.15) is 0 Å². The van der Waals surface area contributed by atoms with Crippen molar-refractivity contribution in [1.29, 1.82) is 0 Å². The molecule has 108 valence electrons. The maximum atomic E-state index is 10.7. The molecule has 0 amide bonds. The van der Waals surface area contributed by atoms with Gasteiger partial charge < -0.3 is 5.73 Å². The molecule has 0 bridgehead atoms. The van der Waals surface area contributed by atoms with Crippen LogP contribution < -0.4 is 10.9 Å². The molecule has 20 heavy (non-hydrogen) atoms. The van der Waals surface area contributed by atoms with Crippen molar-refractivity contribution < 1.29 is 8.42 Å². The van der Waals surface area contributed by atoms with Gasteiger partial charge in [0, 0.05) is 5.69 Å². The molecule has 0 aliphatic heterocycles. The molecule has 0 aliphatic carbocycles. The van der Waals surface area contributed by atoms with Crippen LogP contribution in [-0.4, -0.2) is 8.42 Å². The Bertz CT molecular complexity index is 650. The Hall–Kier alpha value is -1.85. The van der Waals surface area contributed by atoms with Crippen LogP contribution in [0.15, 0.2) is 53.4 Å². The predicted octanol–water partition coefficient (Wildman–Crippen LogP) is 2.47. The first-order valence-corrected chi connectivity index (χ1v) is 7.82. The molecule has 0 unspecified atom stereocenters. The van der Waals surface area contributed by atoms with E-state index in [0.717, 1.165) is 6.42 Å². The van der Waals surface area contributed by atoms with Gasteiger partial charge in [-0.2, -0.15) is 0 Å². The number of anilines is 1. The Balaban J connectivity index is 0.000000204. The summed E-state index contributed by atoms with van der Waals surface area (Å²) in [6.45, 7) is 4.33. The molecule has 2 aromatic carbocycles. The van der Waals surface area contributed by atoms with Crippen molar-refractivity contribution >= 4 is 15.7 Å². The molecule has 2 rings (SSSR count). The van der Waals surface area contributed by atoms with E-state index in [1.54, 1.807) is 0 Å². The van der Waals surface area contributed by atoms with Gasteiger partial charge in [-0.25, -0.2) is 13.6 Å². The SMILES string of the molecule is CCc1ccccc1C.Nc1ccc(S(N)(=O)=O)cc1. The normalized spacial score (nSPS) is 10.6. The van der Waals surface area contributed by atoms with E-state index < -0.39 is 10.0 Å². The molecule has 5 heteroatoms. The van der Waals surface area contributed by atoms with Gasteiger partial charge in [-0.05, 0) is 48.7 Å². The number of nitrogen functional groups attached to an aromatic ring is 1. The van der Waals surface area contributed by atoms with Gasteiger partial charge in [-0.1, -0.05) is 31.2 Å². The van der Waals surface area contributed by atoms with Crippen LogP contribution in [0.4, 0.5) is 5.69 Å². The first-order valence-electron chi connectivity index (χ1n) is 6.27. The van der Waals surface area contributed by atoms with Crippen LogP contribution in [-0.2, 0) is 16.4 Å². The molecular formula is C15H20N2O2S. The molecule has 2 aromatic rings. The molecule has 0 saturated heterocycles. The summed E-state index contributed by atoms with van der Waals surface area (Å²) in [6, 6.07) is 14.2. The van der Waals surface area contributed by atoms with Crippen LogP contribution in [0, 0.1) is 6.92 Å². The lowest BCUT2D eigenvalue weighted by atomic mass is 10.1. The van der Waals surface area contributed by atoms with Crippen molar-refractivity contribution in [3.05, 3.63) is 59.7 Å². The average molecular weight is 292 g/mol. The lowest BCUT2D eigenvalue weighted by molar-refractivity contribution is 0.598. The monoisotopic (exact) mass is 292 g/mol. The number of sulfonamides is 1. The quantitative estimate of drug-likeness (QED) is 0.834. The van der Waals surface area contributed by atoms with Gasteiger partial charge in [-0.15, -0.1) is 0 Å². The average Bonchev–Trinajstić information content (AvgIpc) is 2.39. The smallest absolute Gasteiger partial charge is 0.238 e. The highest BCUT2D eigenvalue weighted by Crippen LogP contribution is 2.09. The van der Waals surface area contributed by atoms with Crippen molar-refractivity contribution in [3.63, 3.8) is 0 Å². The lowest BCUT2D eigenvalue weighted by Gasteiger charge is -1.98. The van der Waals surface area contributed by atoms with Gasteiger partial charge in [-0.3, -0.25) is 0 Å². The van der Waals surface area contributed by atoms with Gasteiger partial charge in [0.2, 0.25) is 10.0 Å². The third kappa shape index (κ3) is 5.03. The Kier molecular flexibility index (Phi) is 5.73. The minimum absolute atomic E-state index is 0.0756. The Morgan fingerprint density at radius 1 is 1.00 bits per heavy atom. The summed E-state index contributed by atoms with van der Waals surface area (Å²) in [5.74, 6) is 0. The van der Waals surface area contributed by atoms with E-state index in [1.165, 1.54) is 35.4 Å². The lowest BCUT2D eigenvalue weighted by Crippen LogP contribution is -2.11. The molecule has 4 nitrogen and oxygen atoms in total. The van der Waals surface area contributed by atoms with Crippen LogP contribution >= 0.6 is 0 Å². The van der Waals surface area contributed by atoms with Gasteiger partial charge in [0.05, 0.1) is 4.90 Å². The van der Waals surface area contributed by atoms with E-state index in [9.17, 15) is 8.42 Å². The fourth-order valence-electron chi connectivity index (χ4n) is 1.66. The number of benzene rings is 2. The second-order valence-electron chi connectivity index (χ2n) is 4.39. The summed E-state index contributed by atoms with van der Waals surface area (Å²) in [6.07, 6.45) is 1.15. The van der Waals surface area contributed by atoms with Crippen molar-refractivity contribution in [1.82, 2.24) is 0 Å². The Morgan fingerprint density at radius 3 is 1.95 bits per heavy atom. The molecule has 0 aliphatic rings. The highest BCUT2D eigenvalue weighted by molar-refractivity contribution is 7.89. The third-order valence-electron chi connectivity index (χ3n) is 2.85.